The summed E-state index contributed by atoms with van der Waals surface area (Å²) >= 11 is 0. The summed E-state index contributed by atoms with van der Waals surface area (Å²) in [4.78, 5) is 29.1. The normalized spacial score (nSPS) is 13.1. The highest BCUT2D eigenvalue weighted by Gasteiger charge is 2.23. The summed E-state index contributed by atoms with van der Waals surface area (Å²) in [5.74, 6) is -0.561. The van der Waals surface area contributed by atoms with E-state index in [1.807, 2.05) is 66.9 Å². The average molecular weight is 365 g/mol. The second kappa shape index (κ2) is 8.03. The number of methoxy groups -OCH3 is 1. The third-order valence-electron chi connectivity index (χ3n) is 4.67. The molecule has 0 saturated carbocycles. The van der Waals surface area contributed by atoms with Gasteiger partial charge in [-0.1, -0.05) is 42.0 Å². The van der Waals surface area contributed by atoms with Crippen molar-refractivity contribution in [3.63, 3.8) is 0 Å². The molecule has 0 saturated heterocycles. The van der Waals surface area contributed by atoms with E-state index in [-0.39, 0.29) is 18.3 Å². The lowest BCUT2D eigenvalue weighted by Gasteiger charge is -2.22. The molecule has 6 nitrogen and oxygen atoms in total. The molecule has 0 aliphatic heterocycles. The van der Waals surface area contributed by atoms with E-state index in [4.69, 9.17) is 4.74 Å². The lowest BCUT2D eigenvalue weighted by molar-refractivity contribution is -0.141. The number of amides is 1. The van der Waals surface area contributed by atoms with Crippen LogP contribution in [-0.4, -0.2) is 28.5 Å². The Balaban J connectivity index is 1.82. The number of hydrogen-bond acceptors (Lipinski definition) is 4. The molecule has 27 heavy (non-hydrogen) atoms. The van der Waals surface area contributed by atoms with Crippen molar-refractivity contribution in [3.8, 4) is 0 Å². The highest BCUT2D eigenvalue weighted by atomic mass is 16.5. The molecule has 0 radical (unpaired) electrons. The van der Waals surface area contributed by atoms with Gasteiger partial charge in [0, 0.05) is 0 Å². The van der Waals surface area contributed by atoms with E-state index < -0.39 is 12.1 Å². The molecule has 1 amide bonds. The first-order chi connectivity index (χ1) is 13.0. The molecule has 0 fully saturated rings. The van der Waals surface area contributed by atoms with Crippen molar-refractivity contribution in [1.29, 1.82) is 0 Å². The summed E-state index contributed by atoms with van der Waals surface area (Å²) in [5.41, 5.74) is 3.70. The molecule has 0 spiro atoms. The van der Waals surface area contributed by atoms with Crippen LogP contribution in [0.2, 0.25) is 0 Å². The number of carbonyl (C=O) groups is 2. The molecular formula is C21H23N3O3. The van der Waals surface area contributed by atoms with Gasteiger partial charge in [-0.25, -0.2) is 4.98 Å². The van der Waals surface area contributed by atoms with Gasteiger partial charge in [-0.2, -0.15) is 0 Å². The van der Waals surface area contributed by atoms with Crippen LogP contribution >= 0.6 is 0 Å². The van der Waals surface area contributed by atoms with E-state index in [0.29, 0.717) is 0 Å². The fraction of sp³-hybridized carbons (Fsp3) is 0.286. The highest BCUT2D eigenvalue weighted by molar-refractivity contribution is 5.84. The number of fused-ring (bicyclic) bond motifs is 1. The number of rotatable bonds is 6. The van der Waals surface area contributed by atoms with Crippen molar-refractivity contribution in [2.24, 2.45) is 0 Å². The third kappa shape index (κ3) is 4.16. The van der Waals surface area contributed by atoms with Gasteiger partial charge in [0.15, 0.2) is 0 Å². The van der Waals surface area contributed by atoms with Crippen LogP contribution in [0.3, 0.4) is 0 Å². The summed E-state index contributed by atoms with van der Waals surface area (Å²) in [6.45, 7) is 3.80. The minimum absolute atomic E-state index is 0.0721. The standard InChI is InChI=1S/C21H23N3O3/c1-14-8-10-16(11-9-14)18(12-20(25)27-3)23-21(26)15(2)24-13-22-17-6-4-5-7-19(17)24/h4-11,13,15,18H,12H2,1-3H3,(H,23,26). The Morgan fingerprint density at radius 2 is 1.85 bits per heavy atom. The maximum Gasteiger partial charge on any atom is 0.307 e. The Morgan fingerprint density at radius 1 is 1.15 bits per heavy atom. The van der Waals surface area contributed by atoms with E-state index >= 15 is 0 Å². The summed E-state index contributed by atoms with van der Waals surface area (Å²) in [6.07, 6.45) is 1.73. The summed E-state index contributed by atoms with van der Waals surface area (Å²) in [7, 11) is 1.34. The van der Waals surface area contributed by atoms with Crippen LogP contribution < -0.4 is 5.32 Å². The van der Waals surface area contributed by atoms with Crippen molar-refractivity contribution in [3.05, 3.63) is 66.0 Å². The second-order valence-electron chi connectivity index (χ2n) is 6.57. The molecule has 2 aromatic carbocycles. The fourth-order valence-electron chi connectivity index (χ4n) is 3.01. The van der Waals surface area contributed by atoms with Gasteiger partial charge in [0.2, 0.25) is 5.91 Å². The fourth-order valence-corrected chi connectivity index (χ4v) is 3.01. The first-order valence-corrected chi connectivity index (χ1v) is 8.85. The Bertz CT molecular complexity index is 947. The molecule has 1 N–H and O–H groups in total. The largest absolute Gasteiger partial charge is 0.469 e. The molecule has 1 heterocycles. The number of ether oxygens (including phenoxy) is 1. The van der Waals surface area contributed by atoms with E-state index in [1.165, 1.54) is 7.11 Å². The molecule has 2 unspecified atom stereocenters. The SMILES string of the molecule is COC(=O)CC(NC(=O)C(C)n1cnc2ccccc21)c1ccc(C)cc1. The van der Waals surface area contributed by atoms with Gasteiger partial charge < -0.3 is 14.6 Å². The van der Waals surface area contributed by atoms with E-state index in [1.54, 1.807) is 6.33 Å². The zero-order valence-corrected chi connectivity index (χ0v) is 15.7. The molecule has 3 rings (SSSR count). The number of benzene rings is 2. The smallest absolute Gasteiger partial charge is 0.307 e. The second-order valence-corrected chi connectivity index (χ2v) is 6.57. The van der Waals surface area contributed by atoms with Crippen LogP contribution in [0.25, 0.3) is 11.0 Å². The minimum atomic E-state index is -0.469. The van der Waals surface area contributed by atoms with E-state index in [0.717, 1.165) is 22.2 Å². The summed E-state index contributed by atoms with van der Waals surface area (Å²) in [5, 5.41) is 2.98. The molecule has 6 heteroatoms. The van der Waals surface area contributed by atoms with E-state index in [9.17, 15) is 9.59 Å². The van der Waals surface area contributed by atoms with Crippen molar-refractivity contribution < 1.29 is 14.3 Å². The highest BCUT2D eigenvalue weighted by Crippen LogP contribution is 2.22. The number of hydrogen-bond donors (Lipinski definition) is 1. The Labute approximate surface area is 158 Å². The Kier molecular flexibility index (Phi) is 5.54. The van der Waals surface area contributed by atoms with Gasteiger partial charge >= 0.3 is 5.97 Å². The molecule has 3 aromatic rings. The predicted molar refractivity (Wildman–Crippen MR) is 103 cm³/mol. The number of imidazole rings is 1. The first kappa shape index (κ1) is 18.6. The minimum Gasteiger partial charge on any atom is -0.469 e. The van der Waals surface area contributed by atoms with Crippen molar-refractivity contribution in [2.75, 3.05) is 7.11 Å². The summed E-state index contributed by atoms with van der Waals surface area (Å²) < 4.78 is 6.62. The number of carbonyl (C=O) groups excluding carboxylic acids is 2. The van der Waals surface area contributed by atoms with Gasteiger partial charge in [-0.05, 0) is 31.5 Å². The first-order valence-electron chi connectivity index (χ1n) is 8.85. The van der Waals surface area contributed by atoms with Crippen LogP contribution in [0.15, 0.2) is 54.9 Å². The molecule has 1 aromatic heterocycles. The number of para-hydroxylation sites is 2. The van der Waals surface area contributed by atoms with E-state index in [2.05, 4.69) is 10.3 Å². The van der Waals surface area contributed by atoms with Crippen molar-refractivity contribution >= 4 is 22.9 Å². The predicted octanol–water partition coefficient (Wildman–Crippen LogP) is 3.33. The maximum atomic E-state index is 12.9. The molecule has 0 aliphatic rings. The monoisotopic (exact) mass is 365 g/mol. The molecule has 0 aliphatic carbocycles. The maximum absolute atomic E-state index is 12.9. The zero-order chi connectivity index (χ0) is 19.4. The van der Waals surface area contributed by atoms with Gasteiger partial charge in [0.05, 0.1) is 36.9 Å². The van der Waals surface area contributed by atoms with Crippen molar-refractivity contribution in [2.45, 2.75) is 32.4 Å². The van der Waals surface area contributed by atoms with Crippen LogP contribution in [0, 0.1) is 6.92 Å². The van der Waals surface area contributed by atoms with Gasteiger partial charge in [-0.15, -0.1) is 0 Å². The van der Waals surface area contributed by atoms with Crippen LogP contribution in [-0.2, 0) is 14.3 Å². The number of aromatic nitrogens is 2. The topological polar surface area (TPSA) is 73.2 Å². The molecule has 140 valence electrons. The average Bonchev–Trinajstić information content (AvgIpc) is 3.11. The van der Waals surface area contributed by atoms with Crippen LogP contribution in [0.1, 0.15) is 36.6 Å². The lowest BCUT2D eigenvalue weighted by atomic mass is 10.0. The Hall–Kier alpha value is -3.15. The summed E-state index contributed by atoms with van der Waals surface area (Å²) in [6, 6.07) is 14.5. The molecule has 0 bridgehead atoms. The quantitative estimate of drug-likeness (QED) is 0.680. The lowest BCUT2D eigenvalue weighted by Crippen LogP contribution is -2.35. The van der Waals surface area contributed by atoms with Gasteiger partial charge in [0.1, 0.15) is 6.04 Å². The zero-order valence-electron chi connectivity index (χ0n) is 15.7. The van der Waals surface area contributed by atoms with Crippen LogP contribution in [0.4, 0.5) is 0 Å². The third-order valence-corrected chi connectivity index (χ3v) is 4.67. The number of aryl methyl sites for hydroxylation is 1. The number of nitrogens with one attached hydrogen (secondary N) is 1. The van der Waals surface area contributed by atoms with Crippen LogP contribution in [0.5, 0.6) is 0 Å². The molecular weight excluding hydrogens is 342 g/mol. The Morgan fingerprint density at radius 3 is 2.56 bits per heavy atom. The number of nitrogens with zero attached hydrogens (tertiary/aromatic N) is 2. The molecule has 2 atom stereocenters. The van der Waals surface area contributed by atoms with Gasteiger partial charge in [-0.3, -0.25) is 9.59 Å². The van der Waals surface area contributed by atoms with Crippen molar-refractivity contribution in [1.82, 2.24) is 14.9 Å². The number of esters is 1. The van der Waals surface area contributed by atoms with Gasteiger partial charge in [0.25, 0.3) is 0 Å².